The van der Waals surface area contributed by atoms with Gasteiger partial charge >= 0.3 is 0 Å². The van der Waals surface area contributed by atoms with Gasteiger partial charge in [-0.2, -0.15) is 0 Å². The van der Waals surface area contributed by atoms with Crippen molar-refractivity contribution in [3.8, 4) is 11.3 Å². The summed E-state index contributed by atoms with van der Waals surface area (Å²) in [6.45, 7) is 10.4. The molecule has 0 aliphatic carbocycles. The fourth-order valence-corrected chi connectivity index (χ4v) is 3.97. The van der Waals surface area contributed by atoms with Crippen LogP contribution in [0.1, 0.15) is 56.5 Å². The molecular formula is C30H34N2O. The van der Waals surface area contributed by atoms with E-state index in [4.69, 9.17) is 4.98 Å². The number of hydrogen-bond donors (Lipinski definition) is 1. The third kappa shape index (κ3) is 5.67. The summed E-state index contributed by atoms with van der Waals surface area (Å²) >= 11 is 0. The lowest BCUT2D eigenvalue weighted by molar-refractivity contribution is 0.0943. The highest BCUT2D eigenvalue weighted by atomic mass is 16.1. The van der Waals surface area contributed by atoms with E-state index in [2.05, 4.69) is 44.3 Å². The van der Waals surface area contributed by atoms with Gasteiger partial charge in [0, 0.05) is 10.9 Å². The molecule has 3 rings (SSSR count). The molecule has 2 aromatic carbocycles. The van der Waals surface area contributed by atoms with Crippen LogP contribution in [0.5, 0.6) is 0 Å². The number of pyridine rings is 1. The van der Waals surface area contributed by atoms with Gasteiger partial charge in [0.2, 0.25) is 0 Å². The molecule has 0 aliphatic rings. The largest absolute Gasteiger partial charge is 0.345 e. The zero-order chi connectivity index (χ0) is 23.8. The Morgan fingerprint density at radius 3 is 2.39 bits per heavy atom. The molecule has 1 aromatic heterocycles. The van der Waals surface area contributed by atoms with Gasteiger partial charge in [-0.25, -0.2) is 4.98 Å². The summed E-state index contributed by atoms with van der Waals surface area (Å²) in [6.07, 6.45) is 10.2. The first kappa shape index (κ1) is 24.2. The van der Waals surface area contributed by atoms with Crippen LogP contribution < -0.4 is 5.32 Å². The number of para-hydroxylation sites is 1. The second kappa shape index (κ2) is 11.4. The summed E-state index contributed by atoms with van der Waals surface area (Å²) in [5.41, 5.74) is 6.67. The van der Waals surface area contributed by atoms with Gasteiger partial charge < -0.3 is 5.32 Å². The summed E-state index contributed by atoms with van der Waals surface area (Å²) in [4.78, 5) is 18.6. The Morgan fingerprint density at radius 2 is 1.73 bits per heavy atom. The Labute approximate surface area is 198 Å². The predicted molar refractivity (Wildman–Crippen MR) is 140 cm³/mol. The Hall–Kier alpha value is -3.46. The maximum atomic E-state index is 13.7. The van der Waals surface area contributed by atoms with Crippen LogP contribution in [0.4, 0.5) is 0 Å². The third-order valence-corrected chi connectivity index (χ3v) is 6.00. The van der Waals surface area contributed by atoms with Crippen molar-refractivity contribution in [3.05, 3.63) is 101 Å². The number of carbonyl (C=O) groups is 1. The van der Waals surface area contributed by atoms with E-state index >= 15 is 0 Å². The summed E-state index contributed by atoms with van der Waals surface area (Å²) in [5.74, 6) is -0.0678. The number of nitrogens with zero attached hydrogens (tertiary/aromatic N) is 1. The molecule has 170 valence electrons. The predicted octanol–water partition coefficient (Wildman–Crippen LogP) is 7.58. The Balaban J connectivity index is 2.08. The fourth-order valence-electron chi connectivity index (χ4n) is 3.97. The highest BCUT2D eigenvalue weighted by molar-refractivity contribution is 6.09. The molecule has 3 aromatic rings. The van der Waals surface area contributed by atoms with Crippen LogP contribution in [0.15, 0.2) is 90.0 Å². The third-order valence-electron chi connectivity index (χ3n) is 6.00. The summed E-state index contributed by atoms with van der Waals surface area (Å²) in [7, 11) is 0. The molecule has 0 spiro atoms. The summed E-state index contributed by atoms with van der Waals surface area (Å²) in [6, 6.07) is 17.9. The van der Waals surface area contributed by atoms with Crippen molar-refractivity contribution in [2.45, 2.75) is 53.5 Å². The van der Waals surface area contributed by atoms with Gasteiger partial charge in [0.1, 0.15) is 0 Å². The van der Waals surface area contributed by atoms with Gasteiger partial charge in [0.25, 0.3) is 5.91 Å². The van der Waals surface area contributed by atoms with Crippen molar-refractivity contribution in [2.24, 2.45) is 0 Å². The quantitative estimate of drug-likeness (QED) is 0.368. The molecule has 1 unspecified atom stereocenters. The van der Waals surface area contributed by atoms with Crippen molar-refractivity contribution in [1.29, 1.82) is 0 Å². The second-order valence-corrected chi connectivity index (χ2v) is 8.31. The summed E-state index contributed by atoms with van der Waals surface area (Å²) < 4.78 is 0. The van der Waals surface area contributed by atoms with E-state index in [-0.39, 0.29) is 11.9 Å². The van der Waals surface area contributed by atoms with Crippen LogP contribution in [0.3, 0.4) is 0 Å². The molecule has 1 amide bonds. The van der Waals surface area contributed by atoms with Crippen LogP contribution in [0.2, 0.25) is 0 Å². The average Bonchev–Trinajstić information content (AvgIpc) is 2.85. The number of aromatic nitrogens is 1. The van der Waals surface area contributed by atoms with Crippen molar-refractivity contribution < 1.29 is 4.79 Å². The van der Waals surface area contributed by atoms with Crippen LogP contribution in [0, 0.1) is 6.92 Å². The van der Waals surface area contributed by atoms with Gasteiger partial charge in [-0.3, -0.25) is 4.79 Å². The molecule has 0 bridgehead atoms. The fraction of sp³-hybridized carbons (Fsp3) is 0.267. The number of benzene rings is 2. The first-order valence-electron chi connectivity index (χ1n) is 11.8. The van der Waals surface area contributed by atoms with Crippen LogP contribution in [0.25, 0.3) is 22.2 Å². The molecule has 1 heterocycles. The van der Waals surface area contributed by atoms with Gasteiger partial charge in [-0.1, -0.05) is 92.3 Å². The molecule has 3 heteroatoms. The standard InChI is InChI=1S/C30H34N2O/c1-6-14-23(20-19-21(4)7-2)26(8-3)32-30(33)28-22(5)29(24-15-10-9-11-16-24)31-27-18-13-12-17-25(27)28/h6,9-20,26H,7-8H2,1-5H3,(H,32,33)/b14-6-,21-19?,23-20+. The smallest absolute Gasteiger partial charge is 0.252 e. The monoisotopic (exact) mass is 438 g/mol. The zero-order valence-corrected chi connectivity index (χ0v) is 20.4. The van der Waals surface area contributed by atoms with Gasteiger partial charge in [-0.05, 0) is 50.8 Å². The molecule has 0 fully saturated rings. The minimum Gasteiger partial charge on any atom is -0.345 e. The number of nitrogens with one attached hydrogen (secondary N) is 1. The van der Waals surface area contributed by atoms with Crippen molar-refractivity contribution in [1.82, 2.24) is 10.3 Å². The van der Waals surface area contributed by atoms with E-state index in [1.54, 1.807) is 0 Å². The lowest BCUT2D eigenvalue weighted by atomic mass is 9.96. The first-order valence-corrected chi connectivity index (χ1v) is 11.8. The normalized spacial score (nSPS) is 13.5. The molecule has 0 radical (unpaired) electrons. The lowest BCUT2D eigenvalue weighted by Crippen LogP contribution is -2.36. The second-order valence-electron chi connectivity index (χ2n) is 8.31. The van der Waals surface area contributed by atoms with E-state index in [9.17, 15) is 4.79 Å². The highest BCUT2D eigenvalue weighted by Crippen LogP contribution is 2.30. The van der Waals surface area contributed by atoms with E-state index < -0.39 is 0 Å². The van der Waals surface area contributed by atoms with Crippen molar-refractivity contribution in [3.63, 3.8) is 0 Å². The van der Waals surface area contributed by atoms with Crippen molar-refractivity contribution in [2.75, 3.05) is 0 Å². The van der Waals surface area contributed by atoms with Gasteiger partial charge in [0.15, 0.2) is 0 Å². The van der Waals surface area contributed by atoms with E-state index in [0.717, 1.165) is 46.1 Å². The molecule has 1 atom stereocenters. The van der Waals surface area contributed by atoms with E-state index in [1.165, 1.54) is 5.57 Å². The number of amides is 1. The first-order chi connectivity index (χ1) is 16.0. The zero-order valence-electron chi connectivity index (χ0n) is 20.4. The average molecular weight is 439 g/mol. The Morgan fingerprint density at radius 1 is 1.03 bits per heavy atom. The summed E-state index contributed by atoms with van der Waals surface area (Å²) in [5, 5.41) is 4.18. The topological polar surface area (TPSA) is 42.0 Å². The molecule has 0 saturated carbocycles. The Bertz CT molecular complexity index is 1200. The number of rotatable bonds is 8. The van der Waals surface area contributed by atoms with E-state index in [0.29, 0.717) is 5.56 Å². The van der Waals surface area contributed by atoms with Crippen LogP contribution in [-0.4, -0.2) is 16.9 Å². The maximum absolute atomic E-state index is 13.7. The molecule has 1 N–H and O–H groups in total. The SMILES string of the molecule is C/C=C\C(=C/C=C(C)CC)C(CC)NC(=O)c1c(C)c(-c2ccccc2)nc2ccccc12. The molecule has 0 saturated heterocycles. The number of hydrogen-bond acceptors (Lipinski definition) is 2. The molecule has 3 nitrogen and oxygen atoms in total. The van der Waals surface area contributed by atoms with Crippen LogP contribution >= 0.6 is 0 Å². The van der Waals surface area contributed by atoms with Crippen LogP contribution in [-0.2, 0) is 0 Å². The minimum absolute atomic E-state index is 0.0678. The minimum atomic E-state index is -0.0823. The number of fused-ring (bicyclic) bond motifs is 1. The number of allylic oxidation sites excluding steroid dienone is 4. The molecule has 33 heavy (non-hydrogen) atoms. The maximum Gasteiger partial charge on any atom is 0.252 e. The van der Waals surface area contributed by atoms with E-state index in [1.807, 2.05) is 74.5 Å². The molecular weight excluding hydrogens is 404 g/mol. The molecule has 0 aliphatic heterocycles. The highest BCUT2D eigenvalue weighted by Gasteiger charge is 2.21. The lowest BCUT2D eigenvalue weighted by Gasteiger charge is -2.21. The number of carbonyl (C=O) groups excluding carboxylic acids is 1. The Kier molecular flexibility index (Phi) is 8.37. The van der Waals surface area contributed by atoms with Crippen molar-refractivity contribution >= 4 is 16.8 Å². The van der Waals surface area contributed by atoms with Gasteiger partial charge in [-0.15, -0.1) is 0 Å². The van der Waals surface area contributed by atoms with Gasteiger partial charge in [0.05, 0.1) is 22.8 Å².